The Hall–Kier alpha value is -3.23. The van der Waals surface area contributed by atoms with Crippen LogP contribution in [0.1, 0.15) is 30.4 Å². The normalized spacial score (nSPS) is 19.2. The molecule has 5 nitrogen and oxygen atoms in total. The highest BCUT2D eigenvalue weighted by atomic mass is 19.4. The number of alkyl halides is 3. The van der Waals surface area contributed by atoms with Gasteiger partial charge in [-0.3, -0.25) is 0 Å². The van der Waals surface area contributed by atoms with Crippen LogP contribution in [-0.4, -0.2) is 34.1 Å². The smallest absolute Gasteiger partial charge is 0.366 e. The van der Waals surface area contributed by atoms with Gasteiger partial charge in [0.05, 0.1) is 5.56 Å². The number of halogens is 4. The van der Waals surface area contributed by atoms with Crippen molar-refractivity contribution >= 4 is 11.5 Å². The first-order valence-electron chi connectivity index (χ1n) is 10.8. The highest BCUT2D eigenvalue weighted by Crippen LogP contribution is 2.56. The molecule has 5 rings (SSSR count). The van der Waals surface area contributed by atoms with Gasteiger partial charge >= 0.3 is 6.18 Å². The molecule has 1 N–H and O–H groups in total. The Morgan fingerprint density at radius 1 is 1.18 bits per heavy atom. The van der Waals surface area contributed by atoms with Crippen LogP contribution in [0.25, 0.3) is 11.4 Å². The predicted octanol–water partition coefficient (Wildman–Crippen LogP) is 5.28. The summed E-state index contributed by atoms with van der Waals surface area (Å²) < 4.78 is 52.7. The van der Waals surface area contributed by atoms with Gasteiger partial charge < -0.3 is 10.2 Å². The van der Waals surface area contributed by atoms with Gasteiger partial charge in [0.25, 0.3) is 0 Å². The molecule has 3 heterocycles. The minimum Gasteiger partial charge on any atom is -0.366 e. The summed E-state index contributed by atoms with van der Waals surface area (Å²) in [5.41, 5.74) is 2.02. The third-order valence-electron chi connectivity index (χ3n) is 6.49. The van der Waals surface area contributed by atoms with Crippen LogP contribution in [0, 0.1) is 24.2 Å². The number of hydrogen-bond acceptors (Lipinski definition) is 5. The Kier molecular flexibility index (Phi) is 5.22. The summed E-state index contributed by atoms with van der Waals surface area (Å²) in [5, 5.41) is 2.94. The van der Waals surface area contributed by atoms with E-state index < -0.39 is 17.6 Å². The molecule has 2 aliphatic rings. The largest absolute Gasteiger partial charge is 0.417 e. The van der Waals surface area contributed by atoms with Gasteiger partial charge in [0.15, 0.2) is 17.5 Å². The third kappa shape index (κ3) is 4.36. The molecule has 1 radical (unpaired) electrons. The second-order valence-electron chi connectivity index (χ2n) is 8.91. The van der Waals surface area contributed by atoms with Crippen molar-refractivity contribution in [1.29, 1.82) is 0 Å². The lowest BCUT2D eigenvalue weighted by atomic mass is 10.0. The predicted molar refractivity (Wildman–Crippen MR) is 116 cm³/mol. The van der Waals surface area contributed by atoms with Gasteiger partial charge in [0.1, 0.15) is 0 Å². The van der Waals surface area contributed by atoms with Crippen LogP contribution in [0.5, 0.6) is 0 Å². The zero-order valence-corrected chi connectivity index (χ0v) is 18.0. The molecule has 2 aromatic heterocycles. The molecule has 0 amide bonds. The van der Waals surface area contributed by atoms with Crippen LogP contribution in [0.3, 0.4) is 0 Å². The number of rotatable bonds is 5. The fraction of sp³-hybridized carbons (Fsp3) is 0.375. The van der Waals surface area contributed by atoms with Gasteiger partial charge in [-0.1, -0.05) is 0 Å². The first-order valence-corrected chi connectivity index (χ1v) is 10.8. The number of hydrogen-bond donors (Lipinski definition) is 1. The van der Waals surface area contributed by atoms with Crippen molar-refractivity contribution in [2.45, 2.75) is 38.4 Å². The highest BCUT2D eigenvalue weighted by Gasteiger charge is 2.52. The standard InChI is InChI=1S/C24H22F4N5/c1-15-3-4-16(21-29-7-2-8-30-21)9-20(15)33-14-23(5-6-23)11-18(33)13-32-22-19(25)10-17(12-31-22)24(26,27)28/h2-3,7-10,12,18H,5-6,11,13-14H2,1H3,(H,31,32)/t18-/m0/s1. The van der Waals surface area contributed by atoms with Crippen molar-refractivity contribution in [1.82, 2.24) is 15.0 Å². The van der Waals surface area contributed by atoms with Crippen LogP contribution >= 0.6 is 0 Å². The number of nitrogens with zero attached hydrogens (tertiary/aromatic N) is 4. The Bertz CT molecular complexity index is 1160. The van der Waals surface area contributed by atoms with Gasteiger partial charge in [0, 0.05) is 49.0 Å². The molecule has 1 spiro atoms. The average Bonchev–Trinajstić information content (AvgIpc) is 3.45. The zero-order valence-electron chi connectivity index (χ0n) is 18.0. The molecule has 3 aromatic rings. The molecule has 9 heteroatoms. The van der Waals surface area contributed by atoms with Crippen molar-refractivity contribution in [2.75, 3.05) is 23.3 Å². The summed E-state index contributed by atoms with van der Waals surface area (Å²) >= 11 is 0. The van der Waals surface area contributed by atoms with E-state index in [1.807, 2.05) is 19.1 Å². The maximum absolute atomic E-state index is 14.3. The molecule has 1 atom stereocenters. The summed E-state index contributed by atoms with van der Waals surface area (Å²) in [6.07, 6.45) is 2.60. The molecule has 1 aliphatic carbocycles. The summed E-state index contributed by atoms with van der Waals surface area (Å²) in [6, 6.07) is 9.45. The van der Waals surface area contributed by atoms with Crippen molar-refractivity contribution in [2.24, 2.45) is 5.41 Å². The molecule has 171 valence electrons. The van der Waals surface area contributed by atoms with Gasteiger partial charge in [-0.25, -0.2) is 19.3 Å². The molecule has 33 heavy (non-hydrogen) atoms. The fourth-order valence-corrected chi connectivity index (χ4v) is 4.53. The molecular weight excluding hydrogens is 434 g/mol. The lowest BCUT2D eigenvalue weighted by Gasteiger charge is -2.29. The molecule has 1 aliphatic heterocycles. The van der Waals surface area contributed by atoms with E-state index in [4.69, 9.17) is 0 Å². The van der Waals surface area contributed by atoms with Gasteiger partial charge in [-0.2, -0.15) is 13.2 Å². The quantitative estimate of drug-likeness (QED) is 0.530. The molecule has 0 unspecified atom stereocenters. The van der Waals surface area contributed by atoms with Crippen molar-refractivity contribution < 1.29 is 17.6 Å². The second-order valence-corrected chi connectivity index (χ2v) is 8.91. The van der Waals surface area contributed by atoms with Crippen molar-refractivity contribution in [3.63, 3.8) is 0 Å². The first kappa shape index (κ1) is 21.6. The summed E-state index contributed by atoms with van der Waals surface area (Å²) in [7, 11) is 0. The lowest BCUT2D eigenvalue weighted by Crippen LogP contribution is -2.35. The van der Waals surface area contributed by atoms with E-state index in [0.717, 1.165) is 42.6 Å². The van der Waals surface area contributed by atoms with Crippen LogP contribution in [0.15, 0.2) is 42.9 Å². The second kappa shape index (κ2) is 7.97. The van der Waals surface area contributed by atoms with Crippen molar-refractivity contribution in [3.05, 3.63) is 65.9 Å². The number of benzene rings is 1. The molecule has 1 saturated carbocycles. The van der Waals surface area contributed by atoms with E-state index in [0.29, 0.717) is 24.6 Å². The Morgan fingerprint density at radius 3 is 2.61 bits per heavy atom. The maximum Gasteiger partial charge on any atom is 0.417 e. The Morgan fingerprint density at radius 2 is 1.94 bits per heavy atom. The number of pyridine rings is 1. The summed E-state index contributed by atoms with van der Waals surface area (Å²) in [6.45, 7) is 3.26. The van der Waals surface area contributed by atoms with Crippen LogP contribution < -0.4 is 10.2 Å². The number of anilines is 2. The van der Waals surface area contributed by atoms with E-state index >= 15 is 0 Å². The van der Waals surface area contributed by atoms with E-state index in [9.17, 15) is 17.6 Å². The van der Waals surface area contributed by atoms with E-state index in [2.05, 4.69) is 31.2 Å². The number of aromatic nitrogens is 3. The topological polar surface area (TPSA) is 53.9 Å². The van der Waals surface area contributed by atoms with Crippen LogP contribution in [0.4, 0.5) is 29.1 Å². The van der Waals surface area contributed by atoms with Crippen molar-refractivity contribution in [3.8, 4) is 11.4 Å². The zero-order chi connectivity index (χ0) is 23.2. The highest BCUT2D eigenvalue weighted by molar-refractivity contribution is 5.67. The van der Waals surface area contributed by atoms with E-state index in [1.54, 1.807) is 18.5 Å². The molecule has 1 saturated heterocycles. The lowest BCUT2D eigenvalue weighted by molar-refractivity contribution is -0.138. The molecular formula is C24H22F4N5. The number of aryl methyl sites for hydroxylation is 1. The summed E-state index contributed by atoms with van der Waals surface area (Å²) in [4.78, 5) is 14.6. The Balaban J connectivity index is 1.39. The van der Waals surface area contributed by atoms with E-state index in [1.165, 1.54) is 0 Å². The minimum atomic E-state index is -4.63. The van der Waals surface area contributed by atoms with Gasteiger partial charge in [-0.05, 0) is 67.5 Å². The monoisotopic (exact) mass is 456 g/mol. The Labute approximate surface area is 188 Å². The van der Waals surface area contributed by atoms with Crippen LogP contribution in [0.2, 0.25) is 0 Å². The van der Waals surface area contributed by atoms with Gasteiger partial charge in [-0.15, -0.1) is 0 Å². The SMILES string of the molecule is Cc1c[c]c(-c2ncccn2)cc1N1CC2(CC2)C[C@H]1CNc1ncc(C(F)(F)F)cc1F. The maximum atomic E-state index is 14.3. The number of nitrogens with one attached hydrogen (secondary N) is 1. The van der Waals surface area contributed by atoms with E-state index in [-0.39, 0.29) is 17.3 Å². The van der Waals surface area contributed by atoms with Gasteiger partial charge in [0.2, 0.25) is 0 Å². The molecule has 2 fully saturated rings. The fourth-order valence-electron chi connectivity index (χ4n) is 4.53. The first-order chi connectivity index (χ1) is 15.7. The third-order valence-corrected chi connectivity index (χ3v) is 6.49. The molecule has 1 aromatic carbocycles. The average molecular weight is 456 g/mol. The van der Waals surface area contributed by atoms with Crippen LogP contribution in [-0.2, 0) is 6.18 Å². The minimum absolute atomic E-state index is 0.0432. The molecule has 0 bridgehead atoms. The summed E-state index contributed by atoms with van der Waals surface area (Å²) in [5.74, 6) is -0.592.